The zero-order valence-corrected chi connectivity index (χ0v) is 10.9. The minimum Gasteiger partial charge on any atom is -0.281 e. The minimum absolute atomic E-state index is 0.266. The largest absolute Gasteiger partial charge is 0.281 e. The maximum atomic E-state index is 12.0. The smallest absolute Gasteiger partial charge is 0.214 e. The first-order valence-corrected chi connectivity index (χ1v) is 7.61. The molecule has 96 valence electrons. The summed E-state index contributed by atoms with van der Waals surface area (Å²) < 4.78 is 25.4. The van der Waals surface area contributed by atoms with Crippen molar-refractivity contribution >= 4 is 10.0 Å². The highest BCUT2D eigenvalue weighted by Crippen LogP contribution is 2.29. The lowest BCUT2D eigenvalue weighted by Gasteiger charge is -2.26. The molecule has 0 atom stereocenters. The van der Waals surface area contributed by atoms with Gasteiger partial charge in [0.25, 0.3) is 0 Å². The number of H-pyrrole nitrogens is 1. The van der Waals surface area contributed by atoms with Crippen LogP contribution in [0.1, 0.15) is 31.4 Å². The fraction of sp³-hybridized carbons (Fsp3) is 0.727. The van der Waals surface area contributed by atoms with Gasteiger partial charge in [-0.15, -0.1) is 0 Å². The average molecular weight is 257 g/mol. The van der Waals surface area contributed by atoms with Crippen molar-refractivity contribution < 1.29 is 8.42 Å². The van der Waals surface area contributed by atoms with Crippen molar-refractivity contribution in [2.75, 3.05) is 12.8 Å². The van der Waals surface area contributed by atoms with E-state index in [1.165, 1.54) is 23.6 Å². The number of hydrogen-bond acceptors (Lipinski definition) is 3. The van der Waals surface area contributed by atoms with Gasteiger partial charge in [0, 0.05) is 13.2 Å². The van der Waals surface area contributed by atoms with E-state index in [9.17, 15) is 8.42 Å². The normalized spacial score (nSPS) is 17.3. The molecule has 0 unspecified atom stereocenters. The van der Waals surface area contributed by atoms with Gasteiger partial charge >= 0.3 is 0 Å². The van der Waals surface area contributed by atoms with Gasteiger partial charge in [-0.1, -0.05) is 19.3 Å². The standard InChI is InChI=1S/C11H19N3O2S/c1-14(9-11-5-7-12-13-11)17(15,16)8-6-10-3-2-4-10/h5,7,10H,2-4,6,8-9H2,1H3,(H,12,13). The molecule has 1 fully saturated rings. The maximum Gasteiger partial charge on any atom is 0.214 e. The third kappa shape index (κ3) is 3.29. The lowest BCUT2D eigenvalue weighted by Crippen LogP contribution is -2.30. The number of hydrogen-bond donors (Lipinski definition) is 1. The van der Waals surface area contributed by atoms with E-state index < -0.39 is 10.0 Å². The Bertz CT molecular complexity index is 437. The average Bonchev–Trinajstić information content (AvgIpc) is 2.67. The van der Waals surface area contributed by atoms with Crippen LogP contribution >= 0.6 is 0 Å². The van der Waals surface area contributed by atoms with Crippen molar-refractivity contribution in [3.63, 3.8) is 0 Å². The summed E-state index contributed by atoms with van der Waals surface area (Å²) in [7, 11) is -1.50. The quantitative estimate of drug-likeness (QED) is 0.837. The van der Waals surface area contributed by atoms with Gasteiger partial charge in [0.15, 0.2) is 0 Å². The van der Waals surface area contributed by atoms with Crippen LogP contribution in [0, 0.1) is 5.92 Å². The highest BCUT2D eigenvalue weighted by atomic mass is 32.2. The van der Waals surface area contributed by atoms with Gasteiger partial charge in [-0.25, -0.2) is 8.42 Å². The Kier molecular flexibility index (Phi) is 3.83. The van der Waals surface area contributed by atoms with Crippen molar-refractivity contribution in [2.24, 2.45) is 5.92 Å². The van der Waals surface area contributed by atoms with Crippen LogP contribution in [0.3, 0.4) is 0 Å². The molecule has 0 radical (unpaired) electrons. The first-order valence-electron chi connectivity index (χ1n) is 6.00. The topological polar surface area (TPSA) is 66.1 Å². The summed E-state index contributed by atoms with van der Waals surface area (Å²) in [5.74, 6) is 0.896. The van der Waals surface area contributed by atoms with Gasteiger partial charge in [0.05, 0.1) is 18.0 Å². The minimum atomic E-state index is -3.12. The Morgan fingerprint density at radius 1 is 1.53 bits per heavy atom. The molecule has 1 aliphatic carbocycles. The van der Waals surface area contributed by atoms with Crippen LogP contribution in [0.25, 0.3) is 0 Å². The van der Waals surface area contributed by atoms with Crippen molar-refractivity contribution in [3.8, 4) is 0 Å². The van der Waals surface area contributed by atoms with Crippen molar-refractivity contribution in [3.05, 3.63) is 18.0 Å². The van der Waals surface area contributed by atoms with E-state index in [4.69, 9.17) is 0 Å². The van der Waals surface area contributed by atoms with E-state index in [0.29, 0.717) is 12.5 Å². The first-order chi connectivity index (χ1) is 8.08. The highest BCUT2D eigenvalue weighted by Gasteiger charge is 2.23. The van der Waals surface area contributed by atoms with Crippen LogP contribution in [-0.4, -0.2) is 35.7 Å². The van der Waals surface area contributed by atoms with E-state index in [1.54, 1.807) is 19.3 Å². The molecule has 1 aromatic heterocycles. The molecule has 0 bridgehead atoms. The number of aromatic nitrogens is 2. The van der Waals surface area contributed by atoms with E-state index in [2.05, 4.69) is 10.2 Å². The van der Waals surface area contributed by atoms with E-state index in [0.717, 1.165) is 12.1 Å². The molecule has 0 spiro atoms. The summed E-state index contributed by atoms with van der Waals surface area (Å²) in [6.07, 6.45) is 6.08. The van der Waals surface area contributed by atoms with E-state index in [-0.39, 0.29) is 5.75 Å². The zero-order valence-electron chi connectivity index (χ0n) is 10.1. The van der Waals surface area contributed by atoms with Crippen LogP contribution in [0.15, 0.2) is 12.3 Å². The molecule has 1 heterocycles. The number of nitrogens with zero attached hydrogens (tertiary/aromatic N) is 2. The molecule has 0 aliphatic heterocycles. The monoisotopic (exact) mass is 257 g/mol. The summed E-state index contributed by atoms with van der Waals surface area (Å²) in [5, 5.41) is 6.58. The molecule has 0 aromatic carbocycles. The fourth-order valence-electron chi connectivity index (χ4n) is 1.96. The molecule has 1 saturated carbocycles. The molecule has 1 N–H and O–H groups in total. The van der Waals surface area contributed by atoms with Gasteiger partial charge in [-0.05, 0) is 18.4 Å². The second kappa shape index (κ2) is 5.18. The first kappa shape index (κ1) is 12.6. The van der Waals surface area contributed by atoms with Crippen LogP contribution in [-0.2, 0) is 16.6 Å². The Morgan fingerprint density at radius 2 is 2.29 bits per heavy atom. The van der Waals surface area contributed by atoms with Gasteiger partial charge in [-0.2, -0.15) is 9.40 Å². The lowest BCUT2D eigenvalue weighted by atomic mass is 9.84. The lowest BCUT2D eigenvalue weighted by molar-refractivity contribution is 0.305. The molecule has 6 heteroatoms. The molecular weight excluding hydrogens is 238 g/mol. The maximum absolute atomic E-state index is 12.0. The third-order valence-electron chi connectivity index (χ3n) is 3.44. The summed E-state index contributed by atoms with van der Waals surface area (Å²) >= 11 is 0. The Labute approximate surface area is 102 Å². The van der Waals surface area contributed by atoms with E-state index in [1.807, 2.05) is 0 Å². The molecule has 1 aromatic rings. The van der Waals surface area contributed by atoms with E-state index >= 15 is 0 Å². The predicted octanol–water partition coefficient (Wildman–Crippen LogP) is 1.36. The molecule has 0 saturated heterocycles. The molecule has 1 aliphatic rings. The Balaban J connectivity index is 1.85. The molecule has 17 heavy (non-hydrogen) atoms. The summed E-state index contributed by atoms with van der Waals surface area (Å²) in [6.45, 7) is 0.368. The SMILES string of the molecule is CN(Cc1ccn[nH]1)S(=O)(=O)CCC1CCC1. The molecule has 2 rings (SSSR count). The zero-order chi connectivity index (χ0) is 12.3. The molecular formula is C11H19N3O2S. The van der Waals surface area contributed by atoms with Crippen LogP contribution in [0.4, 0.5) is 0 Å². The summed E-state index contributed by atoms with van der Waals surface area (Å²) in [6, 6.07) is 1.79. The van der Waals surface area contributed by atoms with Crippen LogP contribution in [0.2, 0.25) is 0 Å². The van der Waals surface area contributed by atoms with Crippen molar-refractivity contribution in [2.45, 2.75) is 32.2 Å². The Morgan fingerprint density at radius 3 is 2.82 bits per heavy atom. The van der Waals surface area contributed by atoms with Gasteiger partial charge < -0.3 is 0 Å². The number of rotatable bonds is 6. The van der Waals surface area contributed by atoms with Gasteiger partial charge in [-0.3, -0.25) is 5.10 Å². The van der Waals surface area contributed by atoms with Crippen LogP contribution < -0.4 is 0 Å². The van der Waals surface area contributed by atoms with Crippen LogP contribution in [0.5, 0.6) is 0 Å². The second-order valence-corrected chi connectivity index (χ2v) is 6.93. The van der Waals surface area contributed by atoms with Crippen molar-refractivity contribution in [1.29, 1.82) is 0 Å². The fourth-order valence-corrected chi connectivity index (χ4v) is 3.24. The third-order valence-corrected chi connectivity index (χ3v) is 5.27. The number of sulfonamides is 1. The Hall–Kier alpha value is -0.880. The van der Waals surface area contributed by atoms with Gasteiger partial charge in [0.2, 0.25) is 10.0 Å². The van der Waals surface area contributed by atoms with Gasteiger partial charge in [0.1, 0.15) is 0 Å². The number of nitrogens with one attached hydrogen (secondary N) is 1. The number of aromatic amines is 1. The molecule has 5 nitrogen and oxygen atoms in total. The highest BCUT2D eigenvalue weighted by molar-refractivity contribution is 7.89. The second-order valence-electron chi connectivity index (χ2n) is 4.74. The summed E-state index contributed by atoms with van der Waals surface area (Å²) in [4.78, 5) is 0. The van der Waals surface area contributed by atoms with Crippen molar-refractivity contribution in [1.82, 2.24) is 14.5 Å². The molecule has 0 amide bonds. The summed E-state index contributed by atoms with van der Waals surface area (Å²) in [5.41, 5.74) is 0.819. The predicted molar refractivity (Wildman–Crippen MR) is 65.8 cm³/mol.